The minimum atomic E-state index is -1.06. The highest BCUT2D eigenvalue weighted by atomic mass is 16.6. The zero-order chi connectivity index (χ0) is 12.5. The van der Waals surface area contributed by atoms with Crippen LogP contribution in [0.4, 0.5) is 5.69 Å². The van der Waals surface area contributed by atoms with Gasteiger partial charge in [-0.25, -0.2) is 0 Å². The van der Waals surface area contributed by atoms with Gasteiger partial charge >= 0.3 is 5.97 Å². The lowest BCUT2D eigenvalue weighted by Crippen LogP contribution is -2.10. The lowest BCUT2D eigenvalue weighted by atomic mass is 9.95. The monoisotopic (exact) mass is 223 g/mol. The lowest BCUT2D eigenvalue weighted by molar-refractivity contribution is -0.385. The Labute approximate surface area is 92.9 Å². The highest BCUT2D eigenvalue weighted by Crippen LogP contribution is 2.29. The number of carboxylic acid groups (broad SMARTS) is 1. The zero-order valence-corrected chi connectivity index (χ0v) is 9.35. The average molecular weight is 223 g/mol. The third kappa shape index (κ3) is 2.18. The molecule has 16 heavy (non-hydrogen) atoms. The maximum atomic E-state index is 10.8. The number of nitro groups is 1. The van der Waals surface area contributed by atoms with E-state index in [2.05, 4.69) is 0 Å². The molecular formula is C11H13NO4. The molecule has 0 aromatic heterocycles. The van der Waals surface area contributed by atoms with Crippen molar-refractivity contribution >= 4 is 11.7 Å². The van der Waals surface area contributed by atoms with Gasteiger partial charge in [0.2, 0.25) is 0 Å². The molecule has 1 unspecified atom stereocenters. The summed E-state index contributed by atoms with van der Waals surface area (Å²) in [6.45, 7) is 5.01. The molecule has 5 nitrogen and oxygen atoms in total. The van der Waals surface area contributed by atoms with Crippen molar-refractivity contribution in [1.29, 1.82) is 0 Å². The summed E-state index contributed by atoms with van der Waals surface area (Å²) in [4.78, 5) is 21.1. The summed E-state index contributed by atoms with van der Waals surface area (Å²) in [7, 11) is 0. The standard InChI is InChI=1S/C11H13NO4/c1-6-4-9(8(3)11(13)14)10(12(15)16)5-7(6)2/h4-5,8H,1-3H3,(H,13,14). The van der Waals surface area contributed by atoms with Crippen LogP contribution >= 0.6 is 0 Å². The first-order valence-electron chi connectivity index (χ1n) is 4.83. The molecule has 1 aromatic carbocycles. The van der Waals surface area contributed by atoms with Gasteiger partial charge in [0, 0.05) is 11.6 Å². The van der Waals surface area contributed by atoms with Crippen LogP contribution in [0.2, 0.25) is 0 Å². The van der Waals surface area contributed by atoms with E-state index in [9.17, 15) is 14.9 Å². The Hall–Kier alpha value is -1.91. The summed E-state index contributed by atoms with van der Waals surface area (Å²) >= 11 is 0. The van der Waals surface area contributed by atoms with Crippen LogP contribution in [-0.2, 0) is 4.79 Å². The Morgan fingerprint density at radius 3 is 2.31 bits per heavy atom. The van der Waals surface area contributed by atoms with Gasteiger partial charge in [0.1, 0.15) is 0 Å². The lowest BCUT2D eigenvalue weighted by Gasteiger charge is -2.10. The number of hydrogen-bond donors (Lipinski definition) is 1. The topological polar surface area (TPSA) is 80.4 Å². The second-order valence-electron chi connectivity index (χ2n) is 3.81. The minimum Gasteiger partial charge on any atom is -0.481 e. The average Bonchev–Trinajstić information content (AvgIpc) is 2.19. The molecule has 0 aliphatic carbocycles. The summed E-state index contributed by atoms with van der Waals surface area (Å²) in [6.07, 6.45) is 0. The predicted octanol–water partition coefficient (Wildman–Crippen LogP) is 2.40. The van der Waals surface area contributed by atoms with Crippen LogP contribution in [0.15, 0.2) is 12.1 Å². The fourth-order valence-corrected chi connectivity index (χ4v) is 1.46. The molecule has 0 amide bonds. The van der Waals surface area contributed by atoms with Crippen LogP contribution in [0.25, 0.3) is 0 Å². The van der Waals surface area contributed by atoms with E-state index in [1.54, 1.807) is 19.9 Å². The fraction of sp³-hybridized carbons (Fsp3) is 0.364. The summed E-state index contributed by atoms with van der Waals surface area (Å²) in [6, 6.07) is 3.00. The van der Waals surface area contributed by atoms with Gasteiger partial charge in [0.25, 0.3) is 5.69 Å². The largest absolute Gasteiger partial charge is 0.481 e. The second-order valence-corrected chi connectivity index (χ2v) is 3.81. The molecule has 0 saturated carbocycles. The van der Waals surface area contributed by atoms with Gasteiger partial charge in [-0.2, -0.15) is 0 Å². The van der Waals surface area contributed by atoms with Crippen molar-refractivity contribution in [3.8, 4) is 0 Å². The number of benzene rings is 1. The molecule has 0 radical (unpaired) electrons. The van der Waals surface area contributed by atoms with Gasteiger partial charge in [0.15, 0.2) is 0 Å². The molecule has 0 saturated heterocycles. The Bertz CT molecular complexity index is 454. The fourth-order valence-electron chi connectivity index (χ4n) is 1.46. The predicted molar refractivity (Wildman–Crippen MR) is 58.6 cm³/mol. The van der Waals surface area contributed by atoms with Crippen LogP contribution in [0.5, 0.6) is 0 Å². The van der Waals surface area contributed by atoms with Gasteiger partial charge in [0.05, 0.1) is 10.8 Å². The number of nitro benzene ring substituents is 1. The van der Waals surface area contributed by atoms with Gasteiger partial charge in [-0.3, -0.25) is 14.9 Å². The van der Waals surface area contributed by atoms with Crippen molar-refractivity contribution in [1.82, 2.24) is 0 Å². The van der Waals surface area contributed by atoms with E-state index in [0.717, 1.165) is 11.1 Å². The van der Waals surface area contributed by atoms with Crippen molar-refractivity contribution < 1.29 is 14.8 Å². The summed E-state index contributed by atoms with van der Waals surface area (Å²) in [5, 5.41) is 19.7. The second kappa shape index (κ2) is 4.30. The van der Waals surface area contributed by atoms with E-state index in [4.69, 9.17) is 5.11 Å². The molecule has 86 valence electrons. The van der Waals surface area contributed by atoms with Crippen molar-refractivity contribution in [2.45, 2.75) is 26.7 Å². The van der Waals surface area contributed by atoms with Gasteiger partial charge < -0.3 is 5.11 Å². The first kappa shape index (κ1) is 12.2. The van der Waals surface area contributed by atoms with E-state index in [1.165, 1.54) is 13.0 Å². The molecule has 1 aromatic rings. The molecule has 0 heterocycles. The number of nitrogens with zero attached hydrogens (tertiary/aromatic N) is 1. The van der Waals surface area contributed by atoms with Gasteiger partial charge in [-0.05, 0) is 38.0 Å². The van der Waals surface area contributed by atoms with Crippen molar-refractivity contribution in [2.24, 2.45) is 0 Å². The molecule has 0 bridgehead atoms. The third-order valence-corrected chi connectivity index (χ3v) is 2.68. The van der Waals surface area contributed by atoms with Crippen LogP contribution < -0.4 is 0 Å². The first-order chi connectivity index (χ1) is 7.34. The quantitative estimate of drug-likeness (QED) is 0.630. The minimum absolute atomic E-state index is 0.127. The van der Waals surface area contributed by atoms with Crippen molar-refractivity contribution in [3.05, 3.63) is 38.9 Å². The highest BCUT2D eigenvalue weighted by Gasteiger charge is 2.24. The summed E-state index contributed by atoms with van der Waals surface area (Å²) < 4.78 is 0. The van der Waals surface area contributed by atoms with E-state index in [1.807, 2.05) is 0 Å². The Morgan fingerprint density at radius 1 is 1.38 bits per heavy atom. The molecule has 0 fully saturated rings. The third-order valence-electron chi connectivity index (χ3n) is 2.68. The number of rotatable bonds is 3. The molecule has 5 heteroatoms. The SMILES string of the molecule is Cc1cc(C(C)C(=O)O)c([N+](=O)[O-])cc1C. The number of carbonyl (C=O) groups is 1. The van der Waals surface area contributed by atoms with Crippen LogP contribution in [0.1, 0.15) is 29.5 Å². The Kier molecular flexibility index (Phi) is 3.27. The zero-order valence-electron chi connectivity index (χ0n) is 9.35. The van der Waals surface area contributed by atoms with E-state index in [-0.39, 0.29) is 11.3 Å². The van der Waals surface area contributed by atoms with E-state index in [0.29, 0.717) is 0 Å². The summed E-state index contributed by atoms with van der Waals surface area (Å²) in [5.74, 6) is -1.94. The maximum Gasteiger partial charge on any atom is 0.310 e. The summed E-state index contributed by atoms with van der Waals surface area (Å²) in [5.41, 5.74) is 1.76. The molecule has 0 aliphatic rings. The number of hydrogen-bond acceptors (Lipinski definition) is 3. The van der Waals surface area contributed by atoms with Crippen LogP contribution in [0, 0.1) is 24.0 Å². The molecule has 0 spiro atoms. The molecule has 1 atom stereocenters. The van der Waals surface area contributed by atoms with Crippen molar-refractivity contribution in [2.75, 3.05) is 0 Å². The normalized spacial score (nSPS) is 12.2. The van der Waals surface area contributed by atoms with Crippen molar-refractivity contribution in [3.63, 3.8) is 0 Å². The molecule has 0 aliphatic heterocycles. The number of aliphatic carboxylic acids is 1. The number of aryl methyl sites for hydroxylation is 2. The maximum absolute atomic E-state index is 10.8. The van der Waals surface area contributed by atoms with E-state index >= 15 is 0 Å². The number of carboxylic acids is 1. The smallest absolute Gasteiger partial charge is 0.310 e. The first-order valence-corrected chi connectivity index (χ1v) is 4.83. The van der Waals surface area contributed by atoms with Crippen LogP contribution in [-0.4, -0.2) is 16.0 Å². The molecule has 1 N–H and O–H groups in total. The molecule has 1 rings (SSSR count). The van der Waals surface area contributed by atoms with Gasteiger partial charge in [-0.1, -0.05) is 0 Å². The highest BCUT2D eigenvalue weighted by molar-refractivity contribution is 5.77. The Morgan fingerprint density at radius 2 is 1.88 bits per heavy atom. The molecular weight excluding hydrogens is 210 g/mol. The van der Waals surface area contributed by atoms with E-state index < -0.39 is 16.8 Å². The van der Waals surface area contributed by atoms with Gasteiger partial charge in [-0.15, -0.1) is 0 Å². The Balaban J connectivity index is 3.41. The van der Waals surface area contributed by atoms with Crippen LogP contribution in [0.3, 0.4) is 0 Å².